The van der Waals surface area contributed by atoms with Gasteiger partial charge in [0, 0.05) is 37.6 Å². The number of nitrogens with zero attached hydrogens (tertiary/aromatic N) is 2. The molecular weight excluding hydrogens is 440 g/mol. The van der Waals surface area contributed by atoms with Crippen molar-refractivity contribution in [1.82, 2.24) is 0 Å². The molecule has 0 bridgehead atoms. The fourth-order valence-corrected chi connectivity index (χ4v) is 6.81. The number of sulfone groups is 1. The minimum Gasteiger partial charge on any atom is -0.368 e. The summed E-state index contributed by atoms with van der Waals surface area (Å²) in [7, 11) is -3.01. The SMILES string of the molecule is CC(C)(C)S(=O)(=O)CC1CCC(CCc2ccc(N3CCN(c4ccccc4)CC3)cc2)CC1. The van der Waals surface area contributed by atoms with Crippen LogP contribution in [0.3, 0.4) is 0 Å². The minimum atomic E-state index is -3.01. The van der Waals surface area contributed by atoms with Crippen molar-refractivity contribution < 1.29 is 8.42 Å². The van der Waals surface area contributed by atoms with Gasteiger partial charge >= 0.3 is 0 Å². The molecule has 2 aromatic rings. The Hall–Kier alpha value is -2.01. The van der Waals surface area contributed by atoms with Crippen molar-refractivity contribution in [2.75, 3.05) is 41.7 Å². The number of hydrogen-bond donors (Lipinski definition) is 0. The monoisotopic (exact) mass is 482 g/mol. The zero-order chi connectivity index (χ0) is 24.2. The Morgan fingerprint density at radius 3 is 1.76 bits per heavy atom. The molecular formula is C29H42N2O2S. The predicted octanol–water partition coefficient (Wildman–Crippen LogP) is 5.97. The average Bonchev–Trinajstić information content (AvgIpc) is 2.84. The van der Waals surface area contributed by atoms with Crippen molar-refractivity contribution in [2.24, 2.45) is 11.8 Å². The molecule has 186 valence electrons. The van der Waals surface area contributed by atoms with Crippen molar-refractivity contribution >= 4 is 21.2 Å². The van der Waals surface area contributed by atoms with E-state index in [0.29, 0.717) is 11.7 Å². The molecule has 1 heterocycles. The van der Waals surface area contributed by atoms with Gasteiger partial charge in [-0.1, -0.05) is 43.2 Å². The number of aryl methyl sites for hydroxylation is 1. The van der Waals surface area contributed by atoms with Crippen LogP contribution in [0.25, 0.3) is 0 Å². The fraction of sp³-hybridized carbons (Fsp3) is 0.586. The lowest BCUT2D eigenvalue weighted by Gasteiger charge is -2.37. The van der Waals surface area contributed by atoms with Crippen LogP contribution in [-0.2, 0) is 16.3 Å². The van der Waals surface area contributed by atoms with Crippen LogP contribution in [0.5, 0.6) is 0 Å². The van der Waals surface area contributed by atoms with Gasteiger partial charge in [-0.25, -0.2) is 8.42 Å². The first-order chi connectivity index (χ1) is 16.2. The fourth-order valence-electron chi connectivity index (χ4n) is 5.35. The molecule has 1 saturated heterocycles. The summed E-state index contributed by atoms with van der Waals surface area (Å²) >= 11 is 0. The Morgan fingerprint density at radius 1 is 0.735 bits per heavy atom. The Bertz CT molecular complexity index is 996. The lowest BCUT2D eigenvalue weighted by atomic mass is 9.80. The molecule has 2 fully saturated rings. The second-order valence-corrected chi connectivity index (χ2v) is 14.1. The largest absolute Gasteiger partial charge is 0.368 e. The van der Waals surface area contributed by atoms with Gasteiger partial charge in [0.2, 0.25) is 0 Å². The first kappa shape index (κ1) is 25.1. The van der Waals surface area contributed by atoms with E-state index in [0.717, 1.165) is 51.4 Å². The topological polar surface area (TPSA) is 40.6 Å². The standard InChI is InChI=1S/C29H42N2O2S/c1-29(2,3)34(32,33)23-26-13-11-24(12-14-26)9-10-25-15-17-28(18-16-25)31-21-19-30(20-22-31)27-7-5-4-6-8-27/h4-8,15-18,24,26H,9-14,19-23H2,1-3H3. The maximum atomic E-state index is 12.5. The van der Waals surface area contributed by atoms with Crippen LogP contribution < -0.4 is 9.80 Å². The van der Waals surface area contributed by atoms with Gasteiger partial charge in [-0.05, 0) is 88.1 Å². The van der Waals surface area contributed by atoms with Crippen molar-refractivity contribution in [3.63, 3.8) is 0 Å². The molecule has 4 nitrogen and oxygen atoms in total. The molecule has 1 aliphatic heterocycles. The Kier molecular flexibility index (Phi) is 7.91. The Balaban J connectivity index is 1.19. The highest BCUT2D eigenvalue weighted by Crippen LogP contribution is 2.34. The molecule has 1 saturated carbocycles. The third-order valence-electron chi connectivity index (χ3n) is 7.90. The minimum absolute atomic E-state index is 0.349. The van der Waals surface area contributed by atoms with Crippen molar-refractivity contribution in [2.45, 2.75) is 64.0 Å². The first-order valence-electron chi connectivity index (χ1n) is 13.1. The van der Waals surface area contributed by atoms with Crippen LogP contribution in [0.1, 0.15) is 58.4 Å². The molecule has 0 N–H and O–H groups in total. The van der Waals surface area contributed by atoms with Gasteiger partial charge in [0.05, 0.1) is 10.5 Å². The third kappa shape index (κ3) is 6.35. The third-order valence-corrected chi connectivity index (χ3v) is 10.7. The molecule has 0 unspecified atom stereocenters. The predicted molar refractivity (Wildman–Crippen MR) is 145 cm³/mol. The van der Waals surface area contributed by atoms with E-state index in [1.807, 2.05) is 20.8 Å². The molecule has 34 heavy (non-hydrogen) atoms. The van der Waals surface area contributed by atoms with Gasteiger partial charge in [0.1, 0.15) is 0 Å². The van der Waals surface area contributed by atoms with E-state index >= 15 is 0 Å². The summed E-state index contributed by atoms with van der Waals surface area (Å²) in [5.41, 5.74) is 4.07. The van der Waals surface area contributed by atoms with E-state index in [1.165, 1.54) is 36.2 Å². The highest BCUT2D eigenvalue weighted by atomic mass is 32.2. The van der Waals surface area contributed by atoms with Crippen LogP contribution in [-0.4, -0.2) is 45.1 Å². The maximum absolute atomic E-state index is 12.5. The highest BCUT2D eigenvalue weighted by molar-refractivity contribution is 7.92. The number of benzene rings is 2. The summed E-state index contributed by atoms with van der Waals surface area (Å²) in [6.45, 7) is 9.71. The Morgan fingerprint density at radius 2 is 1.24 bits per heavy atom. The summed E-state index contributed by atoms with van der Waals surface area (Å²) in [6, 6.07) is 19.9. The van der Waals surface area contributed by atoms with Crippen LogP contribution in [0.4, 0.5) is 11.4 Å². The maximum Gasteiger partial charge on any atom is 0.155 e. The zero-order valence-corrected chi connectivity index (χ0v) is 22.1. The number of para-hydroxylation sites is 1. The normalized spacial score (nSPS) is 22.1. The summed E-state index contributed by atoms with van der Waals surface area (Å²) in [5, 5.41) is 0. The van der Waals surface area contributed by atoms with E-state index in [2.05, 4.69) is 64.4 Å². The van der Waals surface area contributed by atoms with E-state index < -0.39 is 14.6 Å². The van der Waals surface area contributed by atoms with Crippen LogP contribution in [0.2, 0.25) is 0 Å². The quantitative estimate of drug-likeness (QED) is 0.488. The van der Waals surface area contributed by atoms with Gasteiger partial charge in [0.25, 0.3) is 0 Å². The molecule has 0 aromatic heterocycles. The average molecular weight is 483 g/mol. The molecule has 0 amide bonds. The van der Waals surface area contributed by atoms with E-state index in [9.17, 15) is 8.42 Å². The van der Waals surface area contributed by atoms with E-state index in [1.54, 1.807) is 0 Å². The molecule has 0 radical (unpaired) electrons. The van der Waals surface area contributed by atoms with Crippen LogP contribution >= 0.6 is 0 Å². The molecule has 4 rings (SSSR count). The first-order valence-corrected chi connectivity index (χ1v) is 14.7. The molecule has 1 aliphatic carbocycles. The van der Waals surface area contributed by atoms with Gasteiger partial charge in [-0.3, -0.25) is 0 Å². The Labute approximate surface area is 207 Å². The lowest BCUT2D eigenvalue weighted by Crippen LogP contribution is -2.46. The lowest BCUT2D eigenvalue weighted by molar-refractivity contribution is 0.278. The van der Waals surface area contributed by atoms with Gasteiger partial charge in [-0.15, -0.1) is 0 Å². The second-order valence-electron chi connectivity index (χ2n) is 11.3. The summed E-state index contributed by atoms with van der Waals surface area (Å²) in [4.78, 5) is 4.97. The van der Waals surface area contributed by atoms with Crippen LogP contribution in [0.15, 0.2) is 54.6 Å². The molecule has 2 aromatic carbocycles. The number of anilines is 2. The number of piperazine rings is 1. The van der Waals surface area contributed by atoms with Gasteiger partial charge < -0.3 is 9.80 Å². The second kappa shape index (κ2) is 10.7. The summed E-state index contributed by atoms with van der Waals surface area (Å²) in [5.74, 6) is 1.45. The van der Waals surface area contributed by atoms with E-state index in [4.69, 9.17) is 0 Å². The zero-order valence-electron chi connectivity index (χ0n) is 21.2. The molecule has 2 aliphatic rings. The summed E-state index contributed by atoms with van der Waals surface area (Å²) in [6.07, 6.45) is 6.81. The van der Waals surface area contributed by atoms with Crippen molar-refractivity contribution in [1.29, 1.82) is 0 Å². The van der Waals surface area contributed by atoms with Crippen LogP contribution in [0, 0.1) is 11.8 Å². The van der Waals surface area contributed by atoms with E-state index in [-0.39, 0.29) is 0 Å². The highest BCUT2D eigenvalue weighted by Gasteiger charge is 2.33. The van der Waals surface area contributed by atoms with Crippen molar-refractivity contribution in [3.05, 3.63) is 60.2 Å². The van der Waals surface area contributed by atoms with Crippen molar-refractivity contribution in [3.8, 4) is 0 Å². The molecule has 5 heteroatoms. The molecule has 0 atom stereocenters. The number of hydrogen-bond acceptors (Lipinski definition) is 4. The smallest absolute Gasteiger partial charge is 0.155 e. The van der Waals surface area contributed by atoms with Gasteiger partial charge in [0.15, 0.2) is 9.84 Å². The number of rotatable bonds is 7. The van der Waals surface area contributed by atoms with Gasteiger partial charge in [-0.2, -0.15) is 0 Å². The summed E-state index contributed by atoms with van der Waals surface area (Å²) < 4.78 is 24.4. The molecule has 0 spiro atoms.